The zero-order valence-electron chi connectivity index (χ0n) is 15.2. The largest absolute Gasteiger partial charge is 0.481 e. The topological polar surface area (TPSA) is 73.1 Å². The second kappa shape index (κ2) is 7.29. The van der Waals surface area contributed by atoms with Crippen LogP contribution in [0, 0.1) is 0 Å². The Morgan fingerprint density at radius 2 is 2.00 bits per heavy atom. The Bertz CT molecular complexity index is 1000. The summed E-state index contributed by atoms with van der Waals surface area (Å²) in [7, 11) is 4.35. The third-order valence-electron chi connectivity index (χ3n) is 4.10. The summed E-state index contributed by atoms with van der Waals surface area (Å²) >= 11 is 0. The van der Waals surface area contributed by atoms with Crippen LogP contribution in [0.15, 0.2) is 42.9 Å². The predicted molar refractivity (Wildman–Crippen MR) is 95.0 cm³/mol. The lowest BCUT2D eigenvalue weighted by molar-refractivity contribution is -0.141. The highest BCUT2D eigenvalue weighted by Crippen LogP contribution is 2.33. The number of hydrogen-bond donors (Lipinski definition) is 0. The van der Waals surface area contributed by atoms with Gasteiger partial charge in [0.1, 0.15) is 17.2 Å². The quantitative estimate of drug-likeness (QED) is 0.683. The summed E-state index contributed by atoms with van der Waals surface area (Å²) < 4.78 is 45.6. The maximum Gasteiger partial charge on any atom is 0.433 e. The average molecular weight is 391 g/mol. The number of alkyl halides is 3. The Hall–Kier alpha value is -3.43. The summed E-state index contributed by atoms with van der Waals surface area (Å²) in [6.45, 7) is 0. The summed E-state index contributed by atoms with van der Waals surface area (Å²) in [5.74, 6) is -0.409. The van der Waals surface area contributed by atoms with E-state index in [-0.39, 0.29) is 28.9 Å². The third kappa shape index (κ3) is 3.66. The molecule has 0 bridgehead atoms. The van der Waals surface area contributed by atoms with E-state index in [0.29, 0.717) is 5.69 Å². The van der Waals surface area contributed by atoms with Gasteiger partial charge >= 0.3 is 6.18 Å². The number of hydrogen-bond acceptors (Lipinski definition) is 5. The zero-order chi connectivity index (χ0) is 20.5. The molecule has 3 aromatic heterocycles. The molecule has 3 heterocycles. The van der Waals surface area contributed by atoms with E-state index in [1.807, 2.05) is 0 Å². The molecule has 1 amide bonds. The highest BCUT2D eigenvalue weighted by molar-refractivity contribution is 6.04. The van der Waals surface area contributed by atoms with Gasteiger partial charge in [0.25, 0.3) is 5.91 Å². The fourth-order valence-corrected chi connectivity index (χ4v) is 2.60. The van der Waals surface area contributed by atoms with Gasteiger partial charge in [0.05, 0.1) is 25.2 Å². The fraction of sp³-hybridized carbons (Fsp3) is 0.222. The van der Waals surface area contributed by atoms with E-state index in [1.54, 1.807) is 32.4 Å². The van der Waals surface area contributed by atoms with Crippen molar-refractivity contribution in [1.82, 2.24) is 19.5 Å². The molecule has 0 saturated carbocycles. The number of carbonyl (C=O) groups is 1. The smallest absolute Gasteiger partial charge is 0.433 e. The van der Waals surface area contributed by atoms with Crippen LogP contribution < -0.4 is 9.64 Å². The molecule has 0 aliphatic rings. The van der Waals surface area contributed by atoms with Gasteiger partial charge < -0.3 is 14.2 Å². The first-order valence-corrected chi connectivity index (χ1v) is 8.06. The molecule has 0 saturated heterocycles. The minimum atomic E-state index is -4.65. The molecule has 0 N–H and O–H groups in total. The molecule has 0 unspecified atom stereocenters. The van der Waals surface area contributed by atoms with E-state index in [1.165, 1.54) is 35.0 Å². The minimum absolute atomic E-state index is 0.129. The first-order valence-electron chi connectivity index (χ1n) is 8.06. The molecule has 0 aromatic carbocycles. The summed E-state index contributed by atoms with van der Waals surface area (Å²) in [4.78, 5) is 25.7. The number of carbonyl (C=O) groups excluding carboxylic acids is 1. The van der Waals surface area contributed by atoms with Crippen LogP contribution in [0.4, 0.5) is 18.9 Å². The molecule has 0 atom stereocenters. The molecule has 28 heavy (non-hydrogen) atoms. The molecule has 0 fully saturated rings. The number of methoxy groups -OCH3 is 1. The van der Waals surface area contributed by atoms with Gasteiger partial charge in [0.2, 0.25) is 5.88 Å². The second-order valence-electron chi connectivity index (χ2n) is 5.88. The van der Waals surface area contributed by atoms with Crippen LogP contribution in [0.5, 0.6) is 5.88 Å². The number of pyridine rings is 2. The van der Waals surface area contributed by atoms with Gasteiger partial charge in [-0.15, -0.1) is 0 Å². The standard InChI is InChI=1S/C18H16F3N5O2/c1-25(12-5-4-6-22-9-12)17(27)13-10-23-16(26(13)2)11-7-14(18(19,20)21)24-15(8-11)28-3/h4-10H,1-3H3. The lowest BCUT2D eigenvalue weighted by atomic mass is 10.2. The maximum absolute atomic E-state index is 13.1. The Kier molecular flexibility index (Phi) is 5.04. The number of nitrogens with zero attached hydrogens (tertiary/aromatic N) is 5. The normalized spacial score (nSPS) is 11.4. The van der Waals surface area contributed by atoms with E-state index in [9.17, 15) is 18.0 Å². The monoisotopic (exact) mass is 391 g/mol. The maximum atomic E-state index is 13.1. The molecular weight excluding hydrogens is 375 g/mol. The van der Waals surface area contributed by atoms with Crippen LogP contribution in [0.3, 0.4) is 0 Å². The highest BCUT2D eigenvalue weighted by atomic mass is 19.4. The van der Waals surface area contributed by atoms with Crippen molar-refractivity contribution >= 4 is 11.6 Å². The molecule has 0 aliphatic carbocycles. The van der Waals surface area contributed by atoms with Gasteiger partial charge in [0, 0.05) is 31.9 Å². The van der Waals surface area contributed by atoms with Crippen molar-refractivity contribution in [3.63, 3.8) is 0 Å². The number of halogens is 3. The minimum Gasteiger partial charge on any atom is -0.481 e. The van der Waals surface area contributed by atoms with Gasteiger partial charge in [-0.1, -0.05) is 0 Å². The van der Waals surface area contributed by atoms with Crippen LogP contribution in [0.25, 0.3) is 11.4 Å². The lowest BCUT2D eigenvalue weighted by Crippen LogP contribution is -2.28. The van der Waals surface area contributed by atoms with E-state index >= 15 is 0 Å². The average Bonchev–Trinajstić information content (AvgIpc) is 3.07. The third-order valence-corrected chi connectivity index (χ3v) is 4.10. The zero-order valence-corrected chi connectivity index (χ0v) is 15.2. The van der Waals surface area contributed by atoms with Crippen LogP contribution in [-0.2, 0) is 13.2 Å². The molecule has 0 radical (unpaired) electrons. The number of rotatable bonds is 4. The van der Waals surface area contributed by atoms with Crippen molar-refractivity contribution in [1.29, 1.82) is 0 Å². The highest BCUT2D eigenvalue weighted by Gasteiger charge is 2.34. The van der Waals surface area contributed by atoms with Crippen molar-refractivity contribution < 1.29 is 22.7 Å². The molecule has 10 heteroatoms. The summed E-state index contributed by atoms with van der Waals surface area (Å²) in [5.41, 5.74) is -0.208. The SMILES string of the molecule is COc1cc(-c2ncc(C(=O)N(C)c3cccnc3)n2C)cc(C(F)(F)F)n1. The Labute approximate surface area is 158 Å². The van der Waals surface area contributed by atoms with Gasteiger partial charge in [0.15, 0.2) is 0 Å². The lowest BCUT2D eigenvalue weighted by Gasteiger charge is -2.17. The fourth-order valence-electron chi connectivity index (χ4n) is 2.60. The Balaban J connectivity index is 2.01. The van der Waals surface area contributed by atoms with E-state index < -0.39 is 11.9 Å². The summed E-state index contributed by atoms with van der Waals surface area (Å²) in [6, 6.07) is 5.60. The molecule has 146 valence electrons. The number of anilines is 1. The molecular formula is C18H16F3N5O2. The van der Waals surface area contributed by atoms with Crippen molar-refractivity contribution in [2.75, 3.05) is 19.1 Å². The second-order valence-corrected chi connectivity index (χ2v) is 5.88. The van der Waals surface area contributed by atoms with E-state index in [4.69, 9.17) is 4.74 Å². The Morgan fingerprint density at radius 3 is 2.61 bits per heavy atom. The van der Waals surface area contributed by atoms with Crippen LogP contribution >= 0.6 is 0 Å². The predicted octanol–water partition coefficient (Wildman–Crippen LogP) is 3.18. The van der Waals surface area contributed by atoms with E-state index in [0.717, 1.165) is 6.07 Å². The van der Waals surface area contributed by atoms with Crippen molar-refractivity contribution in [2.24, 2.45) is 7.05 Å². The molecule has 0 aliphatic heterocycles. The van der Waals surface area contributed by atoms with Crippen molar-refractivity contribution in [3.05, 3.63) is 54.2 Å². The van der Waals surface area contributed by atoms with Gasteiger partial charge in [-0.3, -0.25) is 9.78 Å². The molecule has 3 aromatic rings. The molecule has 7 nitrogen and oxygen atoms in total. The van der Waals surface area contributed by atoms with Crippen molar-refractivity contribution in [2.45, 2.75) is 6.18 Å². The first-order chi connectivity index (χ1) is 13.2. The molecule has 3 rings (SSSR count). The van der Waals surface area contributed by atoms with Gasteiger partial charge in [-0.25, -0.2) is 9.97 Å². The molecule has 0 spiro atoms. The summed E-state index contributed by atoms with van der Waals surface area (Å²) in [6.07, 6.45) is -0.226. The van der Waals surface area contributed by atoms with Crippen LogP contribution in [-0.4, -0.2) is 39.6 Å². The van der Waals surface area contributed by atoms with E-state index in [2.05, 4.69) is 15.0 Å². The van der Waals surface area contributed by atoms with Crippen LogP contribution in [0.2, 0.25) is 0 Å². The van der Waals surface area contributed by atoms with Crippen molar-refractivity contribution in [3.8, 4) is 17.3 Å². The first kappa shape index (κ1) is 19.3. The summed E-state index contributed by atoms with van der Waals surface area (Å²) in [5, 5.41) is 0. The van der Waals surface area contributed by atoms with Crippen LogP contribution in [0.1, 0.15) is 16.2 Å². The number of aromatic nitrogens is 4. The van der Waals surface area contributed by atoms with Gasteiger partial charge in [-0.05, 0) is 18.2 Å². The number of amides is 1. The Morgan fingerprint density at radius 1 is 1.25 bits per heavy atom. The van der Waals surface area contributed by atoms with Gasteiger partial charge in [-0.2, -0.15) is 13.2 Å². The number of ether oxygens (including phenoxy) is 1. The number of imidazole rings is 1.